The molecule has 0 aliphatic heterocycles. The highest BCUT2D eigenvalue weighted by Gasteiger charge is 2.14. The Morgan fingerprint density at radius 3 is 2.50 bits per heavy atom. The lowest BCUT2D eigenvalue weighted by Gasteiger charge is -2.15. The smallest absolute Gasteiger partial charge is 0.266 e. The summed E-state index contributed by atoms with van der Waals surface area (Å²) < 4.78 is 3.38. The number of aromatic nitrogens is 5. The van der Waals surface area contributed by atoms with E-state index < -0.39 is 0 Å². The number of hydrogen-bond donors (Lipinski definition) is 2. The maximum Gasteiger partial charge on any atom is 0.266 e. The summed E-state index contributed by atoms with van der Waals surface area (Å²) in [5.74, 6) is -0.249. The molecule has 2 aromatic heterocycles. The molecule has 0 spiro atoms. The van der Waals surface area contributed by atoms with Crippen molar-refractivity contribution in [2.45, 2.75) is 13.0 Å². The summed E-state index contributed by atoms with van der Waals surface area (Å²) in [5, 5.41) is 7.56. The van der Waals surface area contributed by atoms with Crippen LogP contribution in [0.15, 0.2) is 90.2 Å². The van der Waals surface area contributed by atoms with Crippen LogP contribution in [0, 0.1) is 4.77 Å². The first-order valence-corrected chi connectivity index (χ1v) is 11.0. The maximum atomic E-state index is 13.1. The number of nitrogens with one attached hydrogen (secondary N) is 2. The highest BCUT2D eigenvalue weighted by Crippen LogP contribution is 2.18. The minimum Gasteiger partial charge on any atom is -0.346 e. The molecule has 168 valence electrons. The van der Waals surface area contributed by atoms with Crippen LogP contribution in [0.3, 0.4) is 0 Å². The molecule has 0 saturated carbocycles. The van der Waals surface area contributed by atoms with Gasteiger partial charge in [0.2, 0.25) is 0 Å². The Labute approximate surface area is 199 Å². The summed E-state index contributed by atoms with van der Waals surface area (Å²) in [6.45, 7) is 1.91. The van der Waals surface area contributed by atoms with Crippen LogP contribution in [0.1, 0.15) is 28.9 Å². The van der Waals surface area contributed by atoms with Crippen LogP contribution in [0.2, 0.25) is 0 Å². The van der Waals surface area contributed by atoms with Gasteiger partial charge in [-0.2, -0.15) is 5.10 Å². The quantitative estimate of drug-likeness (QED) is 0.378. The molecule has 0 bridgehead atoms. The predicted molar refractivity (Wildman–Crippen MR) is 132 cm³/mol. The zero-order valence-electron chi connectivity index (χ0n) is 18.2. The number of amides is 1. The highest BCUT2D eigenvalue weighted by molar-refractivity contribution is 7.71. The van der Waals surface area contributed by atoms with E-state index in [0.717, 1.165) is 11.3 Å². The standard InChI is InChI=1S/C25H20N6O2S/c1-16(17-7-10-19(11-8-17)30-15-26-14-27-30)28-23(32)18-9-12-21-22(13-18)29-25(34)31(24(21)33)20-5-3-2-4-6-20/h2-16H,1H3,(H,28,32)(H,29,34). The van der Waals surface area contributed by atoms with Gasteiger partial charge in [-0.25, -0.2) is 9.67 Å². The summed E-state index contributed by atoms with van der Waals surface area (Å²) in [4.78, 5) is 33.0. The molecular weight excluding hydrogens is 448 g/mol. The van der Waals surface area contributed by atoms with Gasteiger partial charge in [0.1, 0.15) is 12.7 Å². The van der Waals surface area contributed by atoms with E-state index in [4.69, 9.17) is 12.2 Å². The number of para-hydroxylation sites is 1. The van der Waals surface area contributed by atoms with Gasteiger partial charge in [-0.1, -0.05) is 30.3 Å². The first-order valence-electron chi connectivity index (χ1n) is 10.6. The predicted octanol–water partition coefficient (Wildman–Crippen LogP) is 4.12. The topological polar surface area (TPSA) is 97.6 Å². The van der Waals surface area contributed by atoms with E-state index in [1.54, 1.807) is 29.2 Å². The SMILES string of the molecule is CC(NC(=O)c1ccc2c(=O)n(-c3ccccc3)c(=S)[nH]c2c1)c1ccc(-n2cncn2)cc1. The third-order valence-electron chi connectivity index (χ3n) is 5.60. The van der Waals surface area contributed by atoms with Gasteiger partial charge >= 0.3 is 0 Å². The summed E-state index contributed by atoms with van der Waals surface area (Å²) in [6.07, 6.45) is 3.10. The maximum absolute atomic E-state index is 13.1. The van der Waals surface area contributed by atoms with Crippen LogP contribution in [0.25, 0.3) is 22.3 Å². The van der Waals surface area contributed by atoms with E-state index in [2.05, 4.69) is 20.4 Å². The number of carbonyl (C=O) groups is 1. The van der Waals surface area contributed by atoms with Gasteiger partial charge in [0.15, 0.2) is 4.77 Å². The molecule has 0 aliphatic carbocycles. The van der Waals surface area contributed by atoms with Crippen LogP contribution in [-0.2, 0) is 0 Å². The Hall–Kier alpha value is -4.37. The lowest BCUT2D eigenvalue weighted by molar-refractivity contribution is 0.0940. The van der Waals surface area contributed by atoms with Gasteiger partial charge in [-0.15, -0.1) is 0 Å². The van der Waals surface area contributed by atoms with E-state index in [0.29, 0.717) is 22.2 Å². The molecule has 5 rings (SSSR count). The molecule has 2 N–H and O–H groups in total. The third-order valence-corrected chi connectivity index (χ3v) is 5.88. The van der Waals surface area contributed by atoms with Crippen molar-refractivity contribution in [1.82, 2.24) is 29.6 Å². The fraction of sp³-hybridized carbons (Fsp3) is 0.0800. The van der Waals surface area contributed by atoms with Crippen LogP contribution < -0.4 is 10.9 Å². The second kappa shape index (κ2) is 8.87. The van der Waals surface area contributed by atoms with E-state index in [1.165, 1.54) is 10.9 Å². The van der Waals surface area contributed by atoms with Gasteiger partial charge in [0, 0.05) is 5.56 Å². The normalized spacial score (nSPS) is 11.9. The molecule has 0 radical (unpaired) electrons. The average molecular weight is 469 g/mol. The molecule has 5 aromatic rings. The number of aromatic amines is 1. The van der Waals surface area contributed by atoms with Gasteiger partial charge < -0.3 is 10.3 Å². The Bertz CT molecular complexity index is 1590. The molecule has 0 aliphatic rings. The van der Waals surface area contributed by atoms with Crippen LogP contribution in [0.5, 0.6) is 0 Å². The zero-order chi connectivity index (χ0) is 23.7. The van der Waals surface area contributed by atoms with Crippen LogP contribution in [-0.4, -0.2) is 30.2 Å². The van der Waals surface area contributed by atoms with Crippen molar-refractivity contribution in [2.24, 2.45) is 0 Å². The van der Waals surface area contributed by atoms with Crippen molar-refractivity contribution >= 4 is 29.0 Å². The lowest BCUT2D eigenvalue weighted by Crippen LogP contribution is -2.27. The van der Waals surface area contributed by atoms with Gasteiger partial charge in [0.05, 0.1) is 28.3 Å². The second-order valence-electron chi connectivity index (χ2n) is 7.79. The summed E-state index contributed by atoms with van der Waals surface area (Å²) in [6, 6.07) is 21.6. The number of hydrogen-bond acceptors (Lipinski definition) is 5. The Kier molecular flexibility index (Phi) is 5.60. The fourth-order valence-corrected chi connectivity index (χ4v) is 4.09. The molecule has 3 aromatic carbocycles. The number of carbonyl (C=O) groups excluding carboxylic acids is 1. The van der Waals surface area contributed by atoms with Gasteiger partial charge in [-0.3, -0.25) is 14.2 Å². The largest absolute Gasteiger partial charge is 0.346 e. The van der Waals surface area contributed by atoms with Crippen molar-refractivity contribution in [3.8, 4) is 11.4 Å². The number of H-pyrrole nitrogens is 1. The molecule has 34 heavy (non-hydrogen) atoms. The van der Waals surface area contributed by atoms with Crippen molar-refractivity contribution in [3.05, 3.63) is 112 Å². The second-order valence-corrected chi connectivity index (χ2v) is 8.18. The van der Waals surface area contributed by atoms with Crippen molar-refractivity contribution in [3.63, 3.8) is 0 Å². The Balaban J connectivity index is 1.39. The Morgan fingerprint density at radius 1 is 1.03 bits per heavy atom. The monoisotopic (exact) mass is 468 g/mol. The molecule has 1 unspecified atom stereocenters. The van der Waals surface area contributed by atoms with Crippen molar-refractivity contribution in [2.75, 3.05) is 0 Å². The minimum absolute atomic E-state index is 0.224. The van der Waals surface area contributed by atoms with E-state index in [-0.39, 0.29) is 22.3 Å². The number of nitrogens with zero attached hydrogens (tertiary/aromatic N) is 4. The molecule has 8 nitrogen and oxygen atoms in total. The van der Waals surface area contributed by atoms with Gasteiger partial charge in [0.25, 0.3) is 11.5 Å². The van der Waals surface area contributed by atoms with E-state index in [1.807, 2.05) is 61.5 Å². The van der Waals surface area contributed by atoms with Crippen molar-refractivity contribution < 1.29 is 4.79 Å². The summed E-state index contributed by atoms with van der Waals surface area (Å²) in [7, 11) is 0. The van der Waals surface area contributed by atoms with Crippen LogP contribution in [0.4, 0.5) is 0 Å². The van der Waals surface area contributed by atoms with E-state index in [9.17, 15) is 9.59 Å². The van der Waals surface area contributed by atoms with Gasteiger partial charge in [-0.05, 0) is 67.2 Å². The highest BCUT2D eigenvalue weighted by atomic mass is 32.1. The third kappa shape index (κ3) is 4.04. The number of fused-ring (bicyclic) bond motifs is 1. The summed E-state index contributed by atoms with van der Waals surface area (Å²) in [5.41, 5.74) is 3.22. The van der Waals surface area contributed by atoms with Crippen molar-refractivity contribution in [1.29, 1.82) is 0 Å². The molecule has 2 heterocycles. The zero-order valence-corrected chi connectivity index (χ0v) is 19.0. The molecule has 9 heteroatoms. The number of rotatable bonds is 5. The molecule has 0 fully saturated rings. The first-order chi connectivity index (χ1) is 16.5. The summed E-state index contributed by atoms with van der Waals surface area (Å²) >= 11 is 5.43. The fourth-order valence-electron chi connectivity index (χ4n) is 3.79. The molecule has 1 atom stereocenters. The average Bonchev–Trinajstić information content (AvgIpc) is 3.39. The molecular formula is C25H20N6O2S. The Morgan fingerprint density at radius 2 is 1.79 bits per heavy atom. The van der Waals surface area contributed by atoms with E-state index >= 15 is 0 Å². The van der Waals surface area contributed by atoms with Crippen LogP contribution >= 0.6 is 12.2 Å². The first kappa shape index (κ1) is 21.5. The lowest BCUT2D eigenvalue weighted by atomic mass is 10.1. The number of benzene rings is 3. The minimum atomic E-state index is -0.249. The molecule has 0 saturated heterocycles. The molecule has 1 amide bonds.